The smallest absolute Gasteiger partial charge is 0.225 e. The average Bonchev–Trinajstić information content (AvgIpc) is 2.30. The first-order valence-electron chi connectivity index (χ1n) is 6.39. The van der Waals surface area contributed by atoms with Crippen LogP contribution in [0.5, 0.6) is 0 Å². The number of nitrogens with zero attached hydrogens (tertiary/aromatic N) is 1. The highest BCUT2D eigenvalue weighted by Gasteiger charge is 2.30. The maximum Gasteiger partial charge on any atom is 0.225 e. The zero-order valence-corrected chi connectivity index (χ0v) is 10.4. The summed E-state index contributed by atoms with van der Waals surface area (Å²) in [5.41, 5.74) is -0.598. The van der Waals surface area contributed by atoms with E-state index in [0.29, 0.717) is 39.0 Å². The summed E-state index contributed by atoms with van der Waals surface area (Å²) >= 11 is 0. The van der Waals surface area contributed by atoms with Gasteiger partial charge in [-0.2, -0.15) is 0 Å². The SMILES string of the molecule is CC1(O)CCN(C(=O)CC2CNCCO2)CC1. The number of rotatable bonds is 2. The molecule has 1 unspecified atom stereocenters. The van der Waals surface area contributed by atoms with Crippen LogP contribution in [0.15, 0.2) is 0 Å². The van der Waals surface area contributed by atoms with Gasteiger partial charge in [-0.15, -0.1) is 0 Å². The van der Waals surface area contributed by atoms with E-state index in [2.05, 4.69) is 5.32 Å². The third-order valence-corrected chi connectivity index (χ3v) is 3.60. The van der Waals surface area contributed by atoms with Crippen LogP contribution in [0.4, 0.5) is 0 Å². The van der Waals surface area contributed by atoms with Gasteiger partial charge in [0.05, 0.1) is 24.7 Å². The molecule has 2 aliphatic heterocycles. The lowest BCUT2D eigenvalue weighted by molar-refractivity contribution is -0.138. The second kappa shape index (κ2) is 5.33. The first kappa shape index (κ1) is 12.8. The topological polar surface area (TPSA) is 61.8 Å². The van der Waals surface area contributed by atoms with Crippen molar-refractivity contribution >= 4 is 5.91 Å². The molecule has 0 bridgehead atoms. The monoisotopic (exact) mass is 242 g/mol. The Morgan fingerprint density at radius 2 is 2.24 bits per heavy atom. The van der Waals surface area contributed by atoms with Gasteiger partial charge in [0.25, 0.3) is 0 Å². The Bertz CT molecular complexity index is 265. The van der Waals surface area contributed by atoms with E-state index in [4.69, 9.17) is 4.74 Å². The molecule has 0 aliphatic carbocycles. The Labute approximate surface area is 102 Å². The molecule has 2 fully saturated rings. The summed E-state index contributed by atoms with van der Waals surface area (Å²) in [4.78, 5) is 13.9. The maximum atomic E-state index is 12.0. The summed E-state index contributed by atoms with van der Waals surface area (Å²) in [6.07, 6.45) is 1.80. The van der Waals surface area contributed by atoms with Crippen LogP contribution in [0, 0.1) is 0 Å². The van der Waals surface area contributed by atoms with Crippen molar-refractivity contribution in [3.63, 3.8) is 0 Å². The van der Waals surface area contributed by atoms with E-state index in [9.17, 15) is 9.90 Å². The highest BCUT2D eigenvalue weighted by molar-refractivity contribution is 5.76. The Kier molecular flexibility index (Phi) is 4.01. The van der Waals surface area contributed by atoms with E-state index < -0.39 is 5.60 Å². The van der Waals surface area contributed by atoms with Crippen LogP contribution in [0.25, 0.3) is 0 Å². The van der Waals surface area contributed by atoms with Crippen LogP contribution in [-0.2, 0) is 9.53 Å². The Hall–Kier alpha value is -0.650. The Morgan fingerprint density at radius 3 is 2.82 bits per heavy atom. The van der Waals surface area contributed by atoms with Crippen molar-refractivity contribution in [2.75, 3.05) is 32.8 Å². The number of carbonyl (C=O) groups excluding carboxylic acids is 1. The number of hydrogen-bond donors (Lipinski definition) is 2. The summed E-state index contributed by atoms with van der Waals surface area (Å²) < 4.78 is 5.52. The van der Waals surface area contributed by atoms with E-state index in [0.717, 1.165) is 13.1 Å². The number of ether oxygens (including phenoxy) is 1. The van der Waals surface area contributed by atoms with E-state index in [1.165, 1.54) is 0 Å². The van der Waals surface area contributed by atoms with Gasteiger partial charge in [-0.1, -0.05) is 0 Å². The van der Waals surface area contributed by atoms with Crippen LogP contribution in [0.1, 0.15) is 26.2 Å². The highest BCUT2D eigenvalue weighted by atomic mass is 16.5. The summed E-state index contributed by atoms with van der Waals surface area (Å²) in [5.74, 6) is 0.147. The Balaban J connectivity index is 1.76. The molecule has 5 nitrogen and oxygen atoms in total. The number of nitrogens with one attached hydrogen (secondary N) is 1. The lowest BCUT2D eigenvalue weighted by atomic mass is 9.93. The van der Waals surface area contributed by atoms with E-state index in [-0.39, 0.29) is 12.0 Å². The molecular weight excluding hydrogens is 220 g/mol. The summed E-state index contributed by atoms with van der Waals surface area (Å²) in [6, 6.07) is 0. The quantitative estimate of drug-likeness (QED) is 0.700. The number of amides is 1. The second-order valence-electron chi connectivity index (χ2n) is 5.28. The van der Waals surface area contributed by atoms with Gasteiger partial charge in [-0.25, -0.2) is 0 Å². The van der Waals surface area contributed by atoms with Gasteiger partial charge in [-0.3, -0.25) is 4.79 Å². The molecule has 0 aromatic heterocycles. The van der Waals surface area contributed by atoms with Crippen molar-refractivity contribution in [2.45, 2.75) is 37.9 Å². The fraction of sp³-hybridized carbons (Fsp3) is 0.917. The molecule has 0 aromatic rings. The molecule has 1 amide bonds. The molecule has 17 heavy (non-hydrogen) atoms. The van der Waals surface area contributed by atoms with E-state index >= 15 is 0 Å². The van der Waals surface area contributed by atoms with Crippen LogP contribution < -0.4 is 5.32 Å². The lowest BCUT2D eigenvalue weighted by Gasteiger charge is -2.36. The van der Waals surface area contributed by atoms with Crippen molar-refractivity contribution in [1.82, 2.24) is 10.2 Å². The van der Waals surface area contributed by atoms with Gasteiger partial charge < -0.3 is 20.1 Å². The minimum Gasteiger partial charge on any atom is -0.390 e. The predicted molar refractivity (Wildman–Crippen MR) is 63.7 cm³/mol. The number of likely N-dealkylation sites (tertiary alicyclic amines) is 1. The molecule has 5 heteroatoms. The van der Waals surface area contributed by atoms with Gasteiger partial charge in [0, 0.05) is 26.2 Å². The van der Waals surface area contributed by atoms with Crippen molar-refractivity contribution in [1.29, 1.82) is 0 Å². The minimum absolute atomic E-state index is 0.0127. The molecule has 2 aliphatic rings. The van der Waals surface area contributed by atoms with E-state index in [1.807, 2.05) is 11.8 Å². The Morgan fingerprint density at radius 1 is 1.53 bits per heavy atom. The largest absolute Gasteiger partial charge is 0.390 e. The van der Waals surface area contributed by atoms with E-state index in [1.54, 1.807) is 0 Å². The summed E-state index contributed by atoms with van der Waals surface area (Å²) in [5, 5.41) is 13.0. The highest BCUT2D eigenvalue weighted by Crippen LogP contribution is 2.21. The third-order valence-electron chi connectivity index (χ3n) is 3.60. The van der Waals surface area contributed by atoms with Crippen LogP contribution >= 0.6 is 0 Å². The molecule has 0 aromatic carbocycles. The lowest BCUT2D eigenvalue weighted by Crippen LogP contribution is -2.47. The number of aliphatic hydroxyl groups is 1. The molecule has 98 valence electrons. The normalized spacial score (nSPS) is 29.1. The van der Waals surface area contributed by atoms with Crippen LogP contribution in [0.3, 0.4) is 0 Å². The van der Waals surface area contributed by atoms with Gasteiger partial charge in [-0.05, 0) is 19.8 Å². The summed E-state index contributed by atoms with van der Waals surface area (Å²) in [7, 11) is 0. The van der Waals surface area contributed by atoms with Crippen molar-refractivity contribution in [3.8, 4) is 0 Å². The zero-order valence-electron chi connectivity index (χ0n) is 10.4. The molecular formula is C12H22N2O3. The van der Waals surface area contributed by atoms with Gasteiger partial charge in [0.2, 0.25) is 5.91 Å². The molecule has 0 radical (unpaired) electrons. The fourth-order valence-electron chi connectivity index (χ4n) is 2.31. The number of hydrogen-bond acceptors (Lipinski definition) is 4. The number of morpholine rings is 1. The minimum atomic E-state index is -0.598. The molecule has 2 rings (SSSR count). The maximum absolute atomic E-state index is 12.0. The molecule has 2 N–H and O–H groups in total. The first-order chi connectivity index (χ1) is 8.07. The average molecular weight is 242 g/mol. The standard InChI is InChI=1S/C12H22N2O3/c1-12(16)2-5-14(6-3-12)11(15)8-10-9-13-4-7-17-10/h10,13,16H,2-9H2,1H3. The first-order valence-corrected chi connectivity index (χ1v) is 6.39. The number of carbonyl (C=O) groups is 1. The van der Waals surface area contributed by atoms with Crippen molar-refractivity contribution < 1.29 is 14.6 Å². The van der Waals surface area contributed by atoms with Crippen molar-refractivity contribution in [2.24, 2.45) is 0 Å². The molecule has 2 saturated heterocycles. The molecule has 0 saturated carbocycles. The molecule has 2 heterocycles. The second-order valence-corrected chi connectivity index (χ2v) is 5.28. The third kappa shape index (κ3) is 3.66. The predicted octanol–water partition coefficient (Wildman–Crippen LogP) is -0.262. The zero-order chi connectivity index (χ0) is 12.3. The van der Waals surface area contributed by atoms with Crippen molar-refractivity contribution in [3.05, 3.63) is 0 Å². The van der Waals surface area contributed by atoms with Gasteiger partial charge in [0.15, 0.2) is 0 Å². The van der Waals surface area contributed by atoms with Crippen LogP contribution in [0.2, 0.25) is 0 Å². The van der Waals surface area contributed by atoms with Gasteiger partial charge >= 0.3 is 0 Å². The summed E-state index contributed by atoms with van der Waals surface area (Å²) in [6.45, 7) is 5.47. The molecule has 0 spiro atoms. The fourth-order valence-corrected chi connectivity index (χ4v) is 2.31. The molecule has 1 atom stereocenters. The van der Waals surface area contributed by atoms with Crippen LogP contribution in [-0.4, -0.2) is 60.4 Å². The number of piperidine rings is 1. The van der Waals surface area contributed by atoms with Gasteiger partial charge in [0.1, 0.15) is 0 Å².